The van der Waals surface area contributed by atoms with Crippen LogP contribution in [-0.2, 0) is 4.79 Å². The number of hydrogen-bond donors (Lipinski definition) is 2. The summed E-state index contributed by atoms with van der Waals surface area (Å²) in [5.41, 5.74) is 4.62. The number of hydrogen-bond acceptors (Lipinski definition) is 4. The van der Waals surface area contributed by atoms with E-state index in [1.807, 2.05) is 39.0 Å². The third kappa shape index (κ3) is 13.2. The van der Waals surface area contributed by atoms with Crippen molar-refractivity contribution in [2.45, 2.75) is 47.5 Å². The second kappa shape index (κ2) is 20.8. The molecule has 1 aliphatic carbocycles. The van der Waals surface area contributed by atoms with Crippen molar-refractivity contribution in [2.24, 2.45) is 5.10 Å². The maximum atomic E-state index is 11.7. The average Bonchev–Trinajstić information content (AvgIpc) is 3.05. The number of hydrazone groups is 1. The number of carbonyl (C=O) groups excluding carboxylic acids is 1. The van der Waals surface area contributed by atoms with Gasteiger partial charge < -0.3 is 10.6 Å². The number of carbonyl (C=O) groups is 1. The van der Waals surface area contributed by atoms with Gasteiger partial charge in [0.15, 0.2) is 0 Å². The average molecular weight is 516 g/mol. The Morgan fingerprint density at radius 3 is 2.58 bits per heavy atom. The Kier molecular flexibility index (Phi) is 20.3. The highest BCUT2D eigenvalue weighted by Crippen LogP contribution is 2.16. The number of amides is 1. The molecule has 0 aromatic heterocycles. The van der Waals surface area contributed by atoms with E-state index in [0.717, 1.165) is 34.6 Å². The zero-order chi connectivity index (χ0) is 25.6. The van der Waals surface area contributed by atoms with Gasteiger partial charge in [-0.1, -0.05) is 79.7 Å². The fourth-order valence-electron chi connectivity index (χ4n) is 2.69. The molecule has 0 bridgehead atoms. The highest BCUT2D eigenvalue weighted by molar-refractivity contribution is 9.09. The van der Waals surface area contributed by atoms with Gasteiger partial charge >= 0.3 is 0 Å². The molecule has 0 spiro atoms. The normalized spacial score (nSPS) is 15.1. The first-order valence-electron chi connectivity index (χ1n) is 10.9. The summed E-state index contributed by atoms with van der Waals surface area (Å²) >= 11 is 3.32. The third-order valence-corrected chi connectivity index (χ3v) is 4.63. The van der Waals surface area contributed by atoms with Gasteiger partial charge in [0.05, 0.1) is 6.54 Å². The summed E-state index contributed by atoms with van der Waals surface area (Å²) in [6, 6.07) is 0. The first kappa shape index (κ1) is 32.1. The zero-order valence-corrected chi connectivity index (χ0v) is 22.3. The Hall–Kier alpha value is -3.04. The fourth-order valence-corrected chi connectivity index (χ4v) is 2.87. The first-order chi connectivity index (χ1) is 16.0. The van der Waals surface area contributed by atoms with E-state index in [0.29, 0.717) is 12.4 Å². The summed E-state index contributed by atoms with van der Waals surface area (Å²) in [4.78, 5) is 11.7. The number of rotatable bonds is 7. The van der Waals surface area contributed by atoms with Gasteiger partial charge in [-0.25, -0.2) is 0 Å². The number of allylic oxidation sites excluding steroid dienone is 9. The molecule has 0 saturated carbocycles. The highest BCUT2D eigenvalue weighted by Gasteiger charge is 2.20. The van der Waals surface area contributed by atoms with Crippen LogP contribution in [0.1, 0.15) is 47.5 Å². The standard InChI is InChI=1S/C13H17BrN4O.C10H14.C2H6.C2H2/c1-4-11(6-5-7-14)16-9-12-8-13(19)18(15-3)10(2)17-12;1-3-10-8-6-4-5-7-9(10)2;2*1-2/h4-6,8,16-17H,2-3,7,9H2,1H3;4-5,7-8H,3,6H2,1-2H3;1-2H3;1-2H/b6-5-,11-4+;;;. The molecule has 0 radical (unpaired) electrons. The molecule has 0 atom stereocenters. The van der Waals surface area contributed by atoms with Crippen LogP contribution in [-0.4, -0.2) is 29.5 Å². The van der Waals surface area contributed by atoms with Crippen LogP contribution in [0.2, 0.25) is 0 Å². The molecule has 2 N–H and O–H groups in total. The molecule has 2 aliphatic rings. The van der Waals surface area contributed by atoms with E-state index >= 15 is 0 Å². The maximum Gasteiger partial charge on any atom is 0.274 e. The quantitative estimate of drug-likeness (QED) is 0.180. The minimum atomic E-state index is -0.256. The lowest BCUT2D eigenvalue weighted by atomic mass is 10.1. The predicted molar refractivity (Wildman–Crippen MR) is 149 cm³/mol. The first-order valence-corrected chi connectivity index (χ1v) is 12.0. The van der Waals surface area contributed by atoms with E-state index in [4.69, 9.17) is 0 Å². The van der Waals surface area contributed by atoms with Gasteiger partial charge in [0.2, 0.25) is 0 Å². The fraction of sp³-hybridized carbons (Fsp3) is 0.333. The molecule has 33 heavy (non-hydrogen) atoms. The van der Waals surface area contributed by atoms with E-state index in [-0.39, 0.29) is 5.91 Å². The van der Waals surface area contributed by atoms with E-state index in [1.165, 1.54) is 17.2 Å². The van der Waals surface area contributed by atoms with Crippen LogP contribution in [0.3, 0.4) is 0 Å². The lowest BCUT2D eigenvalue weighted by Crippen LogP contribution is -2.38. The summed E-state index contributed by atoms with van der Waals surface area (Å²) in [7, 11) is 0. The second-order valence-electron chi connectivity index (χ2n) is 6.28. The summed E-state index contributed by atoms with van der Waals surface area (Å²) in [5, 5.41) is 11.7. The molecule has 0 aromatic rings. The van der Waals surface area contributed by atoms with Crippen molar-refractivity contribution in [3.8, 4) is 12.8 Å². The number of terminal acetylenes is 1. The predicted octanol–water partition coefficient (Wildman–Crippen LogP) is 6.34. The Morgan fingerprint density at radius 1 is 1.39 bits per heavy atom. The molecule has 0 saturated heterocycles. The van der Waals surface area contributed by atoms with Crippen molar-refractivity contribution >= 4 is 28.6 Å². The SMILES string of the molecule is C#C.C=NN1C(=C)NC(CNC(/C=C\CBr)=C/C)=CC1=O.CC.CCC1=CCC=CC=C1C. The number of nitrogens with one attached hydrogen (secondary N) is 2. The van der Waals surface area contributed by atoms with Crippen molar-refractivity contribution < 1.29 is 4.79 Å². The Labute approximate surface area is 209 Å². The minimum absolute atomic E-state index is 0.256. The van der Waals surface area contributed by atoms with Crippen molar-refractivity contribution in [2.75, 3.05) is 11.9 Å². The van der Waals surface area contributed by atoms with E-state index in [9.17, 15) is 4.79 Å². The molecule has 180 valence electrons. The lowest BCUT2D eigenvalue weighted by Gasteiger charge is -2.25. The summed E-state index contributed by atoms with van der Waals surface area (Å²) in [6.07, 6.45) is 26.4. The number of alkyl halides is 1. The summed E-state index contributed by atoms with van der Waals surface area (Å²) in [6.45, 7) is 17.9. The molecule has 1 heterocycles. The van der Waals surface area contributed by atoms with Crippen LogP contribution in [0.25, 0.3) is 0 Å². The Balaban J connectivity index is 0. The molecule has 0 fully saturated rings. The van der Waals surface area contributed by atoms with Crippen LogP contribution in [0.5, 0.6) is 0 Å². The molecular formula is C27H39BrN4O. The summed E-state index contributed by atoms with van der Waals surface area (Å²) in [5.74, 6) is 0.144. The van der Waals surface area contributed by atoms with Gasteiger partial charge in [-0.05, 0) is 43.9 Å². The van der Waals surface area contributed by atoms with E-state index < -0.39 is 0 Å². The molecule has 5 nitrogen and oxygen atoms in total. The Bertz CT molecular complexity index is 826. The lowest BCUT2D eigenvalue weighted by molar-refractivity contribution is -0.125. The van der Waals surface area contributed by atoms with Gasteiger partial charge in [-0.2, -0.15) is 10.1 Å². The van der Waals surface area contributed by atoms with E-state index in [1.54, 1.807) is 0 Å². The molecule has 1 aliphatic heterocycles. The smallest absolute Gasteiger partial charge is 0.274 e. The van der Waals surface area contributed by atoms with Crippen molar-refractivity contribution in [3.05, 3.63) is 83.5 Å². The molecule has 2 rings (SSSR count). The van der Waals surface area contributed by atoms with Crippen LogP contribution in [0.15, 0.2) is 88.6 Å². The minimum Gasteiger partial charge on any atom is -0.380 e. The van der Waals surface area contributed by atoms with Gasteiger partial charge in [-0.3, -0.25) is 4.79 Å². The highest BCUT2D eigenvalue weighted by atomic mass is 79.9. The van der Waals surface area contributed by atoms with Crippen LogP contribution >= 0.6 is 15.9 Å². The second-order valence-corrected chi connectivity index (χ2v) is 6.93. The number of halogens is 1. The van der Waals surface area contributed by atoms with Crippen LogP contribution in [0, 0.1) is 12.8 Å². The van der Waals surface area contributed by atoms with Gasteiger partial charge in [0.25, 0.3) is 5.91 Å². The summed E-state index contributed by atoms with van der Waals surface area (Å²) < 4.78 is 0. The topological polar surface area (TPSA) is 56.7 Å². The van der Waals surface area contributed by atoms with E-state index in [2.05, 4.69) is 96.0 Å². The molecule has 6 heteroatoms. The zero-order valence-electron chi connectivity index (χ0n) is 20.7. The molecule has 0 unspecified atom stereocenters. The number of nitrogens with zero attached hydrogens (tertiary/aromatic N) is 2. The van der Waals surface area contributed by atoms with Gasteiger partial charge in [0.1, 0.15) is 5.82 Å². The maximum absolute atomic E-state index is 11.7. The Morgan fingerprint density at radius 2 is 2.06 bits per heavy atom. The third-order valence-electron chi connectivity index (χ3n) is 4.26. The monoisotopic (exact) mass is 514 g/mol. The van der Waals surface area contributed by atoms with Gasteiger partial charge in [0, 0.05) is 29.5 Å². The van der Waals surface area contributed by atoms with Crippen molar-refractivity contribution in [1.29, 1.82) is 0 Å². The largest absolute Gasteiger partial charge is 0.380 e. The van der Waals surface area contributed by atoms with Gasteiger partial charge in [-0.15, -0.1) is 12.8 Å². The molecular weight excluding hydrogens is 476 g/mol. The molecule has 0 aromatic carbocycles. The molecule has 1 amide bonds. The van der Waals surface area contributed by atoms with Crippen molar-refractivity contribution in [3.63, 3.8) is 0 Å². The van der Waals surface area contributed by atoms with Crippen molar-refractivity contribution in [1.82, 2.24) is 15.6 Å². The van der Waals surface area contributed by atoms with Crippen LogP contribution in [0.4, 0.5) is 0 Å². The van der Waals surface area contributed by atoms with Crippen LogP contribution < -0.4 is 10.6 Å².